The van der Waals surface area contributed by atoms with Crippen LogP contribution in [0.4, 0.5) is 0 Å². The van der Waals surface area contributed by atoms with Crippen molar-refractivity contribution < 1.29 is 19.1 Å². The highest BCUT2D eigenvalue weighted by Gasteiger charge is 2.30. The summed E-state index contributed by atoms with van der Waals surface area (Å²) in [5, 5.41) is 3.19. The smallest absolute Gasteiger partial charge is 0.260 e. The maximum Gasteiger partial charge on any atom is 0.260 e. The Hall–Kier alpha value is -2.54. The van der Waals surface area contributed by atoms with E-state index in [9.17, 15) is 9.59 Å². The molecule has 0 spiro atoms. The number of nitrogens with zero attached hydrogens (tertiary/aromatic N) is 1. The molecule has 158 valence electrons. The van der Waals surface area contributed by atoms with Crippen LogP contribution in [0, 0.1) is 5.92 Å². The first-order chi connectivity index (χ1) is 14.6. The Labute approximate surface area is 184 Å². The molecule has 1 saturated heterocycles. The van der Waals surface area contributed by atoms with Crippen LogP contribution in [0.25, 0.3) is 0 Å². The molecule has 0 aliphatic carbocycles. The molecule has 0 aromatic heterocycles. The van der Waals surface area contributed by atoms with Gasteiger partial charge in [-0.15, -0.1) is 0 Å². The van der Waals surface area contributed by atoms with Gasteiger partial charge < -0.3 is 19.7 Å². The predicted octanol–water partition coefficient (Wildman–Crippen LogP) is 3.71. The Morgan fingerprint density at radius 1 is 1.10 bits per heavy atom. The van der Waals surface area contributed by atoms with Crippen molar-refractivity contribution in [2.45, 2.75) is 25.3 Å². The number of halogens is 1. The summed E-state index contributed by atoms with van der Waals surface area (Å²) in [5.41, 5.74) is 1.01. The molecule has 1 fully saturated rings. The number of hydrogen-bond donors (Lipinski definition) is 1. The van der Waals surface area contributed by atoms with E-state index in [-0.39, 0.29) is 30.4 Å². The van der Waals surface area contributed by atoms with Gasteiger partial charge in [0.05, 0.1) is 12.6 Å². The van der Waals surface area contributed by atoms with E-state index in [4.69, 9.17) is 9.47 Å². The highest BCUT2D eigenvalue weighted by molar-refractivity contribution is 9.10. The van der Waals surface area contributed by atoms with Gasteiger partial charge in [0.15, 0.2) is 6.61 Å². The molecular formula is C23H25BrN2O4. The Kier molecular flexibility index (Phi) is 6.57. The lowest BCUT2D eigenvalue weighted by atomic mass is 9.94. The molecule has 2 aliphatic rings. The molecule has 2 aliphatic heterocycles. The van der Waals surface area contributed by atoms with Crippen LogP contribution in [-0.4, -0.2) is 43.0 Å². The van der Waals surface area contributed by atoms with Crippen molar-refractivity contribution in [2.24, 2.45) is 5.92 Å². The van der Waals surface area contributed by atoms with Gasteiger partial charge in [-0.05, 0) is 43.2 Å². The second-order valence-electron chi connectivity index (χ2n) is 7.64. The zero-order valence-electron chi connectivity index (χ0n) is 16.7. The van der Waals surface area contributed by atoms with Gasteiger partial charge in [0.1, 0.15) is 11.5 Å². The van der Waals surface area contributed by atoms with Crippen LogP contribution in [-0.2, 0) is 9.59 Å². The highest BCUT2D eigenvalue weighted by atomic mass is 79.9. The Morgan fingerprint density at radius 2 is 1.87 bits per heavy atom. The SMILES string of the molecule is O=C(NC1CCOc2ccc(Br)cc21)C1CCN(C(=O)COc2ccccc2)CC1. The largest absolute Gasteiger partial charge is 0.493 e. The first-order valence-electron chi connectivity index (χ1n) is 10.3. The van der Waals surface area contributed by atoms with Gasteiger partial charge in [-0.3, -0.25) is 9.59 Å². The number of piperidine rings is 1. The normalized spacial score (nSPS) is 18.8. The molecule has 2 aromatic carbocycles. The number of carbonyl (C=O) groups is 2. The second-order valence-corrected chi connectivity index (χ2v) is 8.55. The number of carbonyl (C=O) groups excluding carboxylic acids is 2. The van der Waals surface area contributed by atoms with Gasteiger partial charge in [-0.2, -0.15) is 0 Å². The molecule has 0 saturated carbocycles. The molecule has 2 heterocycles. The fraction of sp³-hybridized carbons (Fsp3) is 0.391. The molecule has 1 atom stereocenters. The summed E-state index contributed by atoms with van der Waals surface area (Å²) in [6.07, 6.45) is 2.08. The number of benzene rings is 2. The number of amides is 2. The van der Waals surface area contributed by atoms with E-state index in [0.29, 0.717) is 38.3 Å². The maximum atomic E-state index is 12.9. The van der Waals surface area contributed by atoms with E-state index in [0.717, 1.165) is 22.2 Å². The van der Waals surface area contributed by atoms with Gasteiger partial charge in [-0.25, -0.2) is 0 Å². The van der Waals surface area contributed by atoms with Gasteiger partial charge in [0, 0.05) is 35.5 Å². The summed E-state index contributed by atoms with van der Waals surface area (Å²) in [7, 11) is 0. The zero-order valence-corrected chi connectivity index (χ0v) is 18.3. The van der Waals surface area contributed by atoms with E-state index >= 15 is 0 Å². The van der Waals surface area contributed by atoms with Gasteiger partial charge in [0.2, 0.25) is 5.91 Å². The molecule has 1 unspecified atom stereocenters. The van der Waals surface area contributed by atoms with E-state index in [1.54, 1.807) is 4.90 Å². The van der Waals surface area contributed by atoms with Crippen molar-refractivity contribution in [3.05, 3.63) is 58.6 Å². The fourth-order valence-electron chi connectivity index (χ4n) is 3.95. The van der Waals surface area contributed by atoms with Crippen molar-refractivity contribution >= 4 is 27.7 Å². The van der Waals surface area contributed by atoms with E-state index < -0.39 is 0 Å². The predicted molar refractivity (Wildman–Crippen MR) is 116 cm³/mol. The lowest BCUT2D eigenvalue weighted by molar-refractivity contribution is -0.137. The molecule has 2 aromatic rings. The molecule has 4 rings (SSSR count). The average Bonchev–Trinajstić information content (AvgIpc) is 2.78. The van der Waals surface area contributed by atoms with Gasteiger partial charge in [-0.1, -0.05) is 34.1 Å². The monoisotopic (exact) mass is 472 g/mol. The van der Waals surface area contributed by atoms with Crippen LogP contribution in [0.15, 0.2) is 53.0 Å². The minimum absolute atomic E-state index is 0.0224. The van der Waals surface area contributed by atoms with Crippen molar-refractivity contribution in [2.75, 3.05) is 26.3 Å². The van der Waals surface area contributed by atoms with E-state index in [2.05, 4.69) is 21.2 Å². The molecule has 2 amide bonds. The lowest BCUT2D eigenvalue weighted by Gasteiger charge is -2.33. The number of nitrogens with one attached hydrogen (secondary N) is 1. The second kappa shape index (κ2) is 9.51. The number of ether oxygens (including phenoxy) is 2. The summed E-state index contributed by atoms with van der Waals surface area (Å²) in [4.78, 5) is 27.1. The number of rotatable bonds is 5. The summed E-state index contributed by atoms with van der Waals surface area (Å²) >= 11 is 3.49. The Balaban J connectivity index is 1.27. The Morgan fingerprint density at radius 3 is 2.63 bits per heavy atom. The lowest BCUT2D eigenvalue weighted by Crippen LogP contribution is -2.45. The molecule has 0 bridgehead atoms. The van der Waals surface area contributed by atoms with Crippen LogP contribution in [0.3, 0.4) is 0 Å². The minimum Gasteiger partial charge on any atom is -0.493 e. The van der Waals surface area contributed by atoms with Crippen LogP contribution in [0.5, 0.6) is 11.5 Å². The standard InChI is InChI=1S/C23H25BrN2O4/c24-17-6-7-21-19(14-17)20(10-13-29-21)25-23(28)16-8-11-26(12-9-16)22(27)15-30-18-4-2-1-3-5-18/h1-7,14,16,20H,8-13,15H2,(H,25,28). The third-order valence-electron chi connectivity index (χ3n) is 5.65. The zero-order chi connectivity index (χ0) is 20.9. The minimum atomic E-state index is -0.0810. The van der Waals surface area contributed by atoms with Crippen LogP contribution in [0.1, 0.15) is 30.9 Å². The van der Waals surface area contributed by atoms with Crippen molar-refractivity contribution in [1.82, 2.24) is 10.2 Å². The number of fused-ring (bicyclic) bond motifs is 1. The quantitative estimate of drug-likeness (QED) is 0.719. The maximum absolute atomic E-state index is 12.9. The highest BCUT2D eigenvalue weighted by Crippen LogP contribution is 2.34. The number of likely N-dealkylation sites (tertiary alicyclic amines) is 1. The summed E-state index contributed by atoms with van der Waals surface area (Å²) in [6, 6.07) is 15.1. The van der Waals surface area contributed by atoms with Gasteiger partial charge in [0.25, 0.3) is 5.91 Å². The average molecular weight is 473 g/mol. The van der Waals surface area contributed by atoms with Crippen molar-refractivity contribution in [3.63, 3.8) is 0 Å². The molecule has 7 heteroatoms. The summed E-state index contributed by atoms with van der Waals surface area (Å²) in [6.45, 7) is 1.76. The molecule has 1 N–H and O–H groups in total. The molecule has 30 heavy (non-hydrogen) atoms. The van der Waals surface area contributed by atoms with E-state index in [1.165, 1.54) is 0 Å². The molecule has 0 radical (unpaired) electrons. The first kappa shape index (κ1) is 20.7. The molecular weight excluding hydrogens is 448 g/mol. The summed E-state index contributed by atoms with van der Waals surface area (Å²) < 4.78 is 12.2. The fourth-order valence-corrected chi connectivity index (χ4v) is 4.33. The number of para-hydroxylation sites is 1. The molecule has 6 nitrogen and oxygen atoms in total. The van der Waals surface area contributed by atoms with E-state index in [1.807, 2.05) is 48.5 Å². The van der Waals surface area contributed by atoms with Crippen molar-refractivity contribution in [1.29, 1.82) is 0 Å². The van der Waals surface area contributed by atoms with Crippen LogP contribution < -0.4 is 14.8 Å². The van der Waals surface area contributed by atoms with Crippen LogP contribution >= 0.6 is 15.9 Å². The topological polar surface area (TPSA) is 67.9 Å². The third-order valence-corrected chi connectivity index (χ3v) is 6.15. The summed E-state index contributed by atoms with van der Waals surface area (Å²) in [5.74, 6) is 1.45. The van der Waals surface area contributed by atoms with Gasteiger partial charge >= 0.3 is 0 Å². The van der Waals surface area contributed by atoms with Crippen molar-refractivity contribution in [3.8, 4) is 11.5 Å². The third kappa shape index (κ3) is 4.95. The first-order valence-corrected chi connectivity index (χ1v) is 11.1. The number of hydrogen-bond acceptors (Lipinski definition) is 4. The Bertz CT molecular complexity index is 897. The van der Waals surface area contributed by atoms with Crippen LogP contribution in [0.2, 0.25) is 0 Å².